The number of hydrogen-bond acceptors (Lipinski definition) is 7. The van der Waals surface area contributed by atoms with Crippen LogP contribution in [0.3, 0.4) is 0 Å². The lowest BCUT2D eigenvalue weighted by Gasteiger charge is -2.31. The number of halogens is 1. The number of aromatic nitrogens is 2. The quantitative estimate of drug-likeness (QED) is 0.540. The molecule has 2 aromatic carbocycles. The zero-order valence-corrected chi connectivity index (χ0v) is 18.9. The summed E-state index contributed by atoms with van der Waals surface area (Å²) in [4.78, 5) is 19.6. The summed E-state index contributed by atoms with van der Waals surface area (Å²) in [6.07, 6.45) is 1.70. The van der Waals surface area contributed by atoms with Crippen molar-refractivity contribution in [2.45, 2.75) is 18.8 Å². The summed E-state index contributed by atoms with van der Waals surface area (Å²) in [6, 6.07) is 10.6. The van der Waals surface area contributed by atoms with Crippen LogP contribution in [0.1, 0.15) is 35.0 Å². The first-order valence-corrected chi connectivity index (χ1v) is 10.6. The molecule has 1 aliphatic heterocycles. The first-order valence-electron chi connectivity index (χ1n) is 10.2. The van der Waals surface area contributed by atoms with Crippen molar-refractivity contribution in [3.8, 4) is 28.6 Å². The number of amides is 1. The molecule has 1 atom stereocenters. The third-order valence-corrected chi connectivity index (χ3v) is 5.77. The number of ether oxygens (including phenoxy) is 3. The van der Waals surface area contributed by atoms with Crippen molar-refractivity contribution in [3.05, 3.63) is 52.9 Å². The van der Waals surface area contributed by atoms with Crippen molar-refractivity contribution in [1.82, 2.24) is 15.0 Å². The van der Waals surface area contributed by atoms with E-state index >= 15 is 0 Å². The highest BCUT2D eigenvalue weighted by atomic mass is 35.5. The second-order valence-corrected chi connectivity index (χ2v) is 7.90. The highest BCUT2D eigenvalue weighted by Gasteiger charge is 2.30. The van der Waals surface area contributed by atoms with Gasteiger partial charge in [-0.15, -0.1) is 0 Å². The van der Waals surface area contributed by atoms with E-state index in [1.54, 1.807) is 29.2 Å². The highest BCUT2D eigenvalue weighted by molar-refractivity contribution is 6.30. The fourth-order valence-corrected chi connectivity index (χ4v) is 3.99. The first-order chi connectivity index (χ1) is 15.5. The molecule has 3 aromatic rings. The molecule has 1 saturated heterocycles. The van der Waals surface area contributed by atoms with Gasteiger partial charge < -0.3 is 23.6 Å². The zero-order valence-electron chi connectivity index (χ0n) is 18.1. The summed E-state index contributed by atoms with van der Waals surface area (Å²) >= 11 is 5.95. The average Bonchev–Trinajstić information content (AvgIpc) is 3.33. The monoisotopic (exact) mass is 457 g/mol. The Hall–Kier alpha value is -3.26. The van der Waals surface area contributed by atoms with E-state index < -0.39 is 0 Å². The zero-order chi connectivity index (χ0) is 22.7. The maximum absolute atomic E-state index is 13.3. The molecule has 1 unspecified atom stereocenters. The number of likely N-dealkylation sites (tertiary alicyclic amines) is 1. The molecule has 2 heterocycles. The fraction of sp³-hybridized carbons (Fsp3) is 0.348. The molecule has 9 heteroatoms. The van der Waals surface area contributed by atoms with Crippen LogP contribution in [0.15, 0.2) is 40.9 Å². The van der Waals surface area contributed by atoms with Crippen LogP contribution in [0.4, 0.5) is 0 Å². The van der Waals surface area contributed by atoms with Crippen LogP contribution in [-0.2, 0) is 0 Å². The standard InChI is InChI=1S/C23H24ClN3O5/c1-29-18-11-16(12-19(30-2)20(18)31-3)23(28)27-10-4-5-15(13-27)22-25-21(26-32-22)14-6-8-17(24)9-7-14/h6-9,11-12,15H,4-5,10,13H2,1-3H3. The lowest BCUT2D eigenvalue weighted by molar-refractivity contribution is 0.0695. The predicted octanol–water partition coefficient (Wildman–Crippen LogP) is 4.44. The third kappa shape index (κ3) is 4.36. The molecule has 1 amide bonds. The molecule has 1 aromatic heterocycles. The second-order valence-electron chi connectivity index (χ2n) is 7.47. The molecule has 8 nitrogen and oxygen atoms in total. The molecular weight excluding hydrogens is 434 g/mol. The molecule has 1 fully saturated rings. The van der Waals surface area contributed by atoms with E-state index in [9.17, 15) is 4.79 Å². The van der Waals surface area contributed by atoms with E-state index in [4.69, 9.17) is 30.3 Å². The van der Waals surface area contributed by atoms with E-state index in [1.807, 2.05) is 12.1 Å². The van der Waals surface area contributed by atoms with Crippen LogP contribution in [-0.4, -0.2) is 55.4 Å². The molecule has 1 aliphatic rings. The van der Waals surface area contributed by atoms with Gasteiger partial charge in [0.05, 0.1) is 27.2 Å². The summed E-state index contributed by atoms with van der Waals surface area (Å²) in [7, 11) is 4.58. The Morgan fingerprint density at radius 2 is 1.78 bits per heavy atom. The van der Waals surface area contributed by atoms with Gasteiger partial charge in [-0.3, -0.25) is 4.79 Å². The van der Waals surface area contributed by atoms with Gasteiger partial charge in [0.2, 0.25) is 17.5 Å². The van der Waals surface area contributed by atoms with Crippen molar-refractivity contribution in [1.29, 1.82) is 0 Å². The smallest absolute Gasteiger partial charge is 0.254 e. The van der Waals surface area contributed by atoms with Crippen LogP contribution in [0, 0.1) is 0 Å². The minimum Gasteiger partial charge on any atom is -0.493 e. The number of hydrogen-bond donors (Lipinski definition) is 0. The molecule has 0 spiro atoms. The van der Waals surface area contributed by atoms with Gasteiger partial charge in [0.25, 0.3) is 5.91 Å². The summed E-state index contributed by atoms with van der Waals surface area (Å²) in [5.41, 5.74) is 1.29. The molecule has 0 saturated carbocycles. The largest absolute Gasteiger partial charge is 0.493 e. The first kappa shape index (κ1) is 22.0. The van der Waals surface area contributed by atoms with E-state index in [0.717, 1.165) is 18.4 Å². The van der Waals surface area contributed by atoms with Gasteiger partial charge in [-0.2, -0.15) is 4.98 Å². The molecule has 0 radical (unpaired) electrons. The number of carbonyl (C=O) groups excluding carboxylic acids is 1. The van der Waals surface area contributed by atoms with E-state index in [2.05, 4.69) is 10.1 Å². The fourth-order valence-electron chi connectivity index (χ4n) is 3.87. The topological polar surface area (TPSA) is 86.9 Å². The third-order valence-electron chi connectivity index (χ3n) is 5.51. The molecule has 32 heavy (non-hydrogen) atoms. The number of rotatable bonds is 6. The van der Waals surface area contributed by atoms with E-state index in [0.29, 0.717) is 52.6 Å². The van der Waals surface area contributed by atoms with Gasteiger partial charge in [-0.05, 0) is 49.2 Å². The van der Waals surface area contributed by atoms with Crippen LogP contribution < -0.4 is 14.2 Å². The maximum atomic E-state index is 13.3. The Balaban J connectivity index is 1.53. The van der Waals surface area contributed by atoms with Crippen molar-refractivity contribution in [2.24, 2.45) is 0 Å². The van der Waals surface area contributed by atoms with Gasteiger partial charge in [0, 0.05) is 29.2 Å². The number of benzene rings is 2. The highest BCUT2D eigenvalue weighted by Crippen LogP contribution is 2.39. The Kier molecular flexibility index (Phi) is 6.50. The van der Waals surface area contributed by atoms with Crippen molar-refractivity contribution in [2.75, 3.05) is 34.4 Å². The number of nitrogens with zero attached hydrogens (tertiary/aromatic N) is 3. The molecule has 0 aliphatic carbocycles. The Bertz CT molecular complexity index is 1070. The number of carbonyl (C=O) groups is 1. The summed E-state index contributed by atoms with van der Waals surface area (Å²) in [5.74, 6) is 2.20. The van der Waals surface area contributed by atoms with E-state index in [-0.39, 0.29) is 11.8 Å². The van der Waals surface area contributed by atoms with Crippen molar-refractivity contribution < 1.29 is 23.5 Å². The Morgan fingerprint density at radius 1 is 1.09 bits per heavy atom. The maximum Gasteiger partial charge on any atom is 0.254 e. The van der Waals surface area contributed by atoms with Gasteiger partial charge in [-0.1, -0.05) is 16.8 Å². The molecular formula is C23H24ClN3O5. The summed E-state index contributed by atoms with van der Waals surface area (Å²) in [6.45, 7) is 1.13. The van der Waals surface area contributed by atoms with Crippen LogP contribution in [0.25, 0.3) is 11.4 Å². The SMILES string of the molecule is COc1cc(C(=O)N2CCCC(c3nc(-c4ccc(Cl)cc4)no3)C2)cc(OC)c1OC. The van der Waals surface area contributed by atoms with Crippen LogP contribution in [0.2, 0.25) is 5.02 Å². The van der Waals surface area contributed by atoms with Crippen molar-refractivity contribution >= 4 is 17.5 Å². The van der Waals surface area contributed by atoms with Crippen LogP contribution >= 0.6 is 11.6 Å². The second kappa shape index (κ2) is 9.48. The normalized spacial score (nSPS) is 16.0. The lowest BCUT2D eigenvalue weighted by atomic mass is 9.97. The molecule has 4 rings (SSSR count). The van der Waals surface area contributed by atoms with Crippen LogP contribution in [0.5, 0.6) is 17.2 Å². The molecule has 168 valence electrons. The average molecular weight is 458 g/mol. The Morgan fingerprint density at radius 3 is 2.41 bits per heavy atom. The minimum atomic E-state index is -0.119. The summed E-state index contributed by atoms with van der Waals surface area (Å²) in [5, 5.41) is 4.75. The van der Waals surface area contributed by atoms with Gasteiger partial charge in [0.1, 0.15) is 0 Å². The number of methoxy groups -OCH3 is 3. The summed E-state index contributed by atoms with van der Waals surface area (Å²) < 4.78 is 21.7. The lowest BCUT2D eigenvalue weighted by Crippen LogP contribution is -2.39. The van der Waals surface area contributed by atoms with Gasteiger partial charge >= 0.3 is 0 Å². The molecule has 0 N–H and O–H groups in total. The Labute approximate surface area is 191 Å². The van der Waals surface area contributed by atoms with Gasteiger partial charge in [0.15, 0.2) is 11.5 Å². The predicted molar refractivity (Wildman–Crippen MR) is 119 cm³/mol. The molecule has 0 bridgehead atoms. The minimum absolute atomic E-state index is 0.0386. The van der Waals surface area contributed by atoms with Gasteiger partial charge in [-0.25, -0.2) is 0 Å². The number of piperidine rings is 1. The van der Waals surface area contributed by atoms with E-state index in [1.165, 1.54) is 21.3 Å². The van der Waals surface area contributed by atoms with Crippen molar-refractivity contribution in [3.63, 3.8) is 0 Å².